The fourth-order valence-corrected chi connectivity index (χ4v) is 3.06. The number of imide groups is 1. The molecule has 8 nitrogen and oxygen atoms in total. The summed E-state index contributed by atoms with van der Waals surface area (Å²) in [4.78, 5) is 30.6. The monoisotopic (exact) mass is 382 g/mol. The zero-order chi connectivity index (χ0) is 19.8. The van der Waals surface area contributed by atoms with E-state index in [4.69, 9.17) is 9.47 Å². The van der Waals surface area contributed by atoms with Crippen molar-refractivity contribution in [2.45, 2.75) is 6.54 Å². The van der Waals surface area contributed by atoms with Gasteiger partial charge >= 0.3 is 0 Å². The summed E-state index contributed by atoms with van der Waals surface area (Å²) < 4.78 is 25.0. The number of hydrogen-bond acceptors (Lipinski definition) is 6. The van der Waals surface area contributed by atoms with Gasteiger partial charge in [0.2, 0.25) is 0 Å². The van der Waals surface area contributed by atoms with Gasteiger partial charge in [-0.15, -0.1) is 5.10 Å². The van der Waals surface area contributed by atoms with Gasteiger partial charge in [-0.05, 0) is 29.8 Å². The highest BCUT2D eigenvalue weighted by Gasteiger charge is 2.42. The van der Waals surface area contributed by atoms with Crippen LogP contribution in [0, 0.1) is 5.82 Å². The van der Waals surface area contributed by atoms with Gasteiger partial charge < -0.3 is 9.47 Å². The van der Waals surface area contributed by atoms with Crippen LogP contribution in [-0.4, -0.2) is 40.8 Å². The molecule has 0 bridgehead atoms. The molecule has 0 radical (unpaired) electrons. The van der Waals surface area contributed by atoms with Gasteiger partial charge in [-0.3, -0.25) is 9.59 Å². The zero-order valence-corrected chi connectivity index (χ0v) is 15.0. The first-order valence-electron chi connectivity index (χ1n) is 8.31. The molecule has 0 fully saturated rings. The average molecular weight is 382 g/mol. The number of benzene rings is 2. The molecule has 0 atom stereocenters. The maximum absolute atomic E-state index is 13.0. The van der Waals surface area contributed by atoms with Crippen molar-refractivity contribution in [3.63, 3.8) is 0 Å². The molecule has 0 saturated heterocycles. The second-order valence-electron chi connectivity index (χ2n) is 6.04. The number of aromatic nitrogens is 3. The lowest BCUT2D eigenvalue weighted by Gasteiger charge is -2.10. The predicted octanol–water partition coefficient (Wildman–Crippen LogP) is 2.28. The number of carbonyl (C=O) groups excluding carboxylic acids is 2. The molecule has 142 valence electrons. The summed E-state index contributed by atoms with van der Waals surface area (Å²) in [6, 6.07) is 9.00. The molecule has 1 aliphatic rings. The highest BCUT2D eigenvalue weighted by atomic mass is 19.1. The third-order valence-electron chi connectivity index (χ3n) is 4.38. The summed E-state index contributed by atoms with van der Waals surface area (Å²) in [7, 11) is 2.84. The first kappa shape index (κ1) is 17.7. The van der Waals surface area contributed by atoms with Crippen LogP contribution >= 0.6 is 0 Å². The van der Waals surface area contributed by atoms with E-state index in [0.717, 1.165) is 10.5 Å². The van der Waals surface area contributed by atoms with Gasteiger partial charge in [-0.1, -0.05) is 12.1 Å². The highest BCUT2D eigenvalue weighted by molar-refractivity contribution is 6.35. The molecule has 1 aromatic heterocycles. The van der Waals surface area contributed by atoms with Crippen molar-refractivity contribution >= 4 is 17.8 Å². The molecule has 1 aliphatic heterocycles. The minimum atomic E-state index is -0.588. The molecule has 0 saturated carbocycles. The van der Waals surface area contributed by atoms with Crippen LogP contribution in [0.2, 0.25) is 0 Å². The minimum absolute atomic E-state index is 0.0469. The fraction of sp³-hybridized carbons (Fsp3) is 0.158. The van der Waals surface area contributed by atoms with E-state index in [1.54, 1.807) is 18.2 Å². The van der Waals surface area contributed by atoms with Crippen molar-refractivity contribution < 1.29 is 23.5 Å². The van der Waals surface area contributed by atoms with Crippen LogP contribution < -0.4 is 14.4 Å². The number of carbonyl (C=O) groups is 2. The predicted molar refractivity (Wildman–Crippen MR) is 96.2 cm³/mol. The van der Waals surface area contributed by atoms with Crippen LogP contribution in [0.3, 0.4) is 0 Å². The van der Waals surface area contributed by atoms with Gasteiger partial charge in [0.05, 0.1) is 31.9 Å². The number of amides is 2. The molecule has 2 amide bonds. The van der Waals surface area contributed by atoms with E-state index in [0.29, 0.717) is 12.3 Å². The van der Waals surface area contributed by atoms with Crippen LogP contribution in [0.15, 0.2) is 42.7 Å². The SMILES string of the molecule is COc1ccc2c(c1OC)C(=O)N(c1ncn(Cc3ccc(F)cc3)n1)C2=O. The molecule has 28 heavy (non-hydrogen) atoms. The number of methoxy groups -OCH3 is 2. The lowest BCUT2D eigenvalue weighted by atomic mass is 10.1. The summed E-state index contributed by atoms with van der Waals surface area (Å²) in [5.74, 6) is -0.978. The molecule has 2 aromatic carbocycles. The Balaban J connectivity index is 1.65. The fourth-order valence-electron chi connectivity index (χ4n) is 3.06. The molecule has 0 spiro atoms. The minimum Gasteiger partial charge on any atom is -0.493 e. The Morgan fingerprint density at radius 2 is 1.75 bits per heavy atom. The number of nitrogens with zero attached hydrogens (tertiary/aromatic N) is 4. The lowest BCUT2D eigenvalue weighted by molar-refractivity contribution is 0.0923. The largest absolute Gasteiger partial charge is 0.493 e. The Hall–Kier alpha value is -3.75. The van der Waals surface area contributed by atoms with Crippen molar-refractivity contribution in [3.05, 3.63) is 65.2 Å². The van der Waals surface area contributed by atoms with Crippen LogP contribution in [0.4, 0.5) is 10.3 Å². The zero-order valence-electron chi connectivity index (χ0n) is 15.0. The van der Waals surface area contributed by atoms with Gasteiger partial charge in [-0.25, -0.2) is 14.0 Å². The Morgan fingerprint density at radius 3 is 2.43 bits per heavy atom. The maximum Gasteiger partial charge on any atom is 0.272 e. The van der Waals surface area contributed by atoms with Gasteiger partial charge in [0.1, 0.15) is 12.1 Å². The van der Waals surface area contributed by atoms with Crippen molar-refractivity contribution in [2.24, 2.45) is 0 Å². The third-order valence-corrected chi connectivity index (χ3v) is 4.38. The van der Waals surface area contributed by atoms with Crippen molar-refractivity contribution in [1.82, 2.24) is 14.8 Å². The van der Waals surface area contributed by atoms with Crippen LogP contribution in [0.5, 0.6) is 11.5 Å². The van der Waals surface area contributed by atoms with E-state index in [2.05, 4.69) is 10.1 Å². The molecular formula is C19H15FN4O4. The second-order valence-corrected chi connectivity index (χ2v) is 6.04. The molecule has 4 rings (SSSR count). The summed E-state index contributed by atoms with van der Waals surface area (Å²) in [5.41, 5.74) is 1.10. The van der Waals surface area contributed by atoms with E-state index in [9.17, 15) is 14.0 Å². The van der Waals surface area contributed by atoms with Crippen molar-refractivity contribution in [2.75, 3.05) is 19.1 Å². The molecular weight excluding hydrogens is 367 g/mol. The number of fused-ring (bicyclic) bond motifs is 1. The summed E-state index contributed by atoms with van der Waals surface area (Å²) >= 11 is 0. The van der Waals surface area contributed by atoms with E-state index < -0.39 is 11.8 Å². The molecule has 0 unspecified atom stereocenters. The van der Waals surface area contributed by atoms with Crippen molar-refractivity contribution in [3.8, 4) is 11.5 Å². The summed E-state index contributed by atoms with van der Waals surface area (Å²) in [6.07, 6.45) is 1.40. The van der Waals surface area contributed by atoms with E-state index in [-0.39, 0.29) is 28.6 Å². The standard InChI is InChI=1S/C19H15FN4O4/c1-27-14-8-7-13-15(16(14)28-2)18(26)24(17(13)25)19-21-10-23(22-19)9-11-3-5-12(20)6-4-11/h3-8,10H,9H2,1-2H3. The third kappa shape index (κ3) is 2.77. The second kappa shape index (κ2) is 6.76. The Kier molecular flexibility index (Phi) is 4.26. The topological polar surface area (TPSA) is 86.6 Å². The number of ether oxygens (including phenoxy) is 2. The Bertz CT molecular complexity index is 1080. The number of halogens is 1. The Morgan fingerprint density at radius 1 is 1.00 bits per heavy atom. The maximum atomic E-state index is 13.0. The first-order chi connectivity index (χ1) is 13.5. The molecule has 0 N–H and O–H groups in total. The molecule has 0 aliphatic carbocycles. The smallest absolute Gasteiger partial charge is 0.272 e. The quantitative estimate of drug-likeness (QED) is 0.630. The van der Waals surface area contributed by atoms with Crippen LogP contribution in [-0.2, 0) is 6.54 Å². The summed E-state index contributed by atoms with van der Waals surface area (Å²) in [6.45, 7) is 0.313. The van der Waals surface area contributed by atoms with Gasteiger partial charge in [0, 0.05) is 0 Å². The van der Waals surface area contributed by atoms with Gasteiger partial charge in [0.15, 0.2) is 11.5 Å². The highest BCUT2D eigenvalue weighted by Crippen LogP contribution is 2.39. The van der Waals surface area contributed by atoms with Gasteiger partial charge in [-0.2, -0.15) is 4.98 Å². The molecule has 3 aromatic rings. The average Bonchev–Trinajstić information content (AvgIpc) is 3.25. The van der Waals surface area contributed by atoms with E-state index in [1.165, 1.54) is 43.4 Å². The number of hydrogen-bond donors (Lipinski definition) is 0. The molecule has 9 heteroatoms. The Labute approximate surface area is 159 Å². The van der Waals surface area contributed by atoms with Crippen LogP contribution in [0.25, 0.3) is 0 Å². The van der Waals surface area contributed by atoms with Gasteiger partial charge in [0.25, 0.3) is 17.8 Å². The number of rotatable bonds is 5. The molecule has 2 heterocycles. The number of anilines is 1. The van der Waals surface area contributed by atoms with E-state index >= 15 is 0 Å². The van der Waals surface area contributed by atoms with Crippen molar-refractivity contribution in [1.29, 1.82) is 0 Å². The van der Waals surface area contributed by atoms with Crippen LogP contribution in [0.1, 0.15) is 26.3 Å². The lowest BCUT2D eigenvalue weighted by Crippen LogP contribution is -2.30. The normalized spacial score (nSPS) is 13.0. The first-order valence-corrected chi connectivity index (χ1v) is 8.31. The van der Waals surface area contributed by atoms with E-state index in [1.807, 2.05) is 0 Å². The summed E-state index contributed by atoms with van der Waals surface area (Å²) in [5, 5.41) is 4.22.